The average molecular weight is 269 g/mol. The second kappa shape index (κ2) is 4.80. The van der Waals surface area contributed by atoms with Gasteiger partial charge in [-0.1, -0.05) is 12.2 Å². The Morgan fingerprint density at radius 2 is 2.11 bits per heavy atom. The van der Waals surface area contributed by atoms with Gasteiger partial charge in [0.25, 0.3) is 0 Å². The Labute approximate surface area is 114 Å². The lowest BCUT2D eigenvalue weighted by molar-refractivity contribution is -0.143. The van der Waals surface area contributed by atoms with E-state index in [0.29, 0.717) is 13.2 Å². The van der Waals surface area contributed by atoms with Gasteiger partial charge in [0.15, 0.2) is 5.79 Å². The highest BCUT2D eigenvalue weighted by Gasteiger charge is 2.42. The van der Waals surface area contributed by atoms with Crippen LogP contribution in [0, 0.1) is 0 Å². The van der Waals surface area contributed by atoms with E-state index in [1.54, 1.807) is 4.90 Å². The van der Waals surface area contributed by atoms with Crippen LogP contribution >= 0.6 is 0 Å². The molecule has 0 radical (unpaired) electrons. The summed E-state index contributed by atoms with van der Waals surface area (Å²) >= 11 is 0. The fourth-order valence-corrected chi connectivity index (χ4v) is 2.26. The summed E-state index contributed by atoms with van der Waals surface area (Å²) in [5.74, 6) is -0.583. The number of ether oxygens (including phenoxy) is 3. The molecule has 5 heteroatoms. The van der Waals surface area contributed by atoms with E-state index in [2.05, 4.69) is 0 Å². The van der Waals surface area contributed by atoms with Gasteiger partial charge in [0, 0.05) is 6.54 Å². The van der Waals surface area contributed by atoms with Gasteiger partial charge in [-0.25, -0.2) is 4.79 Å². The number of rotatable bonds is 1. The van der Waals surface area contributed by atoms with Crippen molar-refractivity contribution in [3.63, 3.8) is 0 Å². The van der Waals surface area contributed by atoms with Crippen LogP contribution in [0.4, 0.5) is 4.79 Å². The third-order valence-electron chi connectivity index (χ3n) is 3.03. The van der Waals surface area contributed by atoms with E-state index in [-0.39, 0.29) is 18.2 Å². The fraction of sp³-hybridized carbons (Fsp3) is 0.786. The molecule has 1 amide bonds. The SMILES string of the molecule is CC(C)(C)OC(=O)N1CC=C[C@H]1[C@H]1COC(C)(C)O1. The Hall–Kier alpha value is -1.07. The summed E-state index contributed by atoms with van der Waals surface area (Å²) in [6.07, 6.45) is 3.50. The van der Waals surface area contributed by atoms with Gasteiger partial charge in [-0.15, -0.1) is 0 Å². The van der Waals surface area contributed by atoms with Crippen LogP contribution in [0.15, 0.2) is 12.2 Å². The van der Waals surface area contributed by atoms with E-state index in [1.807, 2.05) is 46.8 Å². The number of carbonyl (C=O) groups is 1. The van der Waals surface area contributed by atoms with E-state index in [1.165, 1.54) is 0 Å². The van der Waals surface area contributed by atoms with Crippen LogP contribution in [-0.4, -0.2) is 47.7 Å². The van der Waals surface area contributed by atoms with Gasteiger partial charge in [-0.3, -0.25) is 4.90 Å². The Morgan fingerprint density at radius 1 is 1.42 bits per heavy atom. The Balaban J connectivity index is 2.01. The van der Waals surface area contributed by atoms with Crippen molar-refractivity contribution in [1.82, 2.24) is 4.90 Å². The van der Waals surface area contributed by atoms with Crippen LogP contribution in [0.1, 0.15) is 34.6 Å². The second-order valence-electron chi connectivity index (χ2n) is 6.42. The van der Waals surface area contributed by atoms with E-state index in [4.69, 9.17) is 14.2 Å². The minimum atomic E-state index is -0.583. The van der Waals surface area contributed by atoms with Crippen molar-refractivity contribution in [3.05, 3.63) is 12.2 Å². The van der Waals surface area contributed by atoms with Crippen LogP contribution < -0.4 is 0 Å². The van der Waals surface area contributed by atoms with Gasteiger partial charge >= 0.3 is 6.09 Å². The number of nitrogens with zero attached hydrogens (tertiary/aromatic N) is 1. The quantitative estimate of drug-likeness (QED) is 0.685. The van der Waals surface area contributed by atoms with Crippen molar-refractivity contribution in [2.24, 2.45) is 0 Å². The third kappa shape index (κ3) is 3.48. The zero-order valence-electron chi connectivity index (χ0n) is 12.3. The molecule has 0 bridgehead atoms. The van der Waals surface area contributed by atoms with Gasteiger partial charge in [-0.05, 0) is 34.6 Å². The van der Waals surface area contributed by atoms with Crippen molar-refractivity contribution in [2.45, 2.75) is 58.2 Å². The van der Waals surface area contributed by atoms with Gasteiger partial charge in [0.1, 0.15) is 11.7 Å². The zero-order valence-corrected chi connectivity index (χ0v) is 12.3. The lowest BCUT2D eigenvalue weighted by Crippen LogP contribution is -2.46. The molecule has 1 fully saturated rings. The van der Waals surface area contributed by atoms with Crippen molar-refractivity contribution in [1.29, 1.82) is 0 Å². The van der Waals surface area contributed by atoms with E-state index in [0.717, 1.165) is 0 Å². The van der Waals surface area contributed by atoms with Crippen molar-refractivity contribution in [3.8, 4) is 0 Å². The van der Waals surface area contributed by atoms with Gasteiger partial charge < -0.3 is 14.2 Å². The van der Waals surface area contributed by atoms with Crippen LogP contribution in [0.2, 0.25) is 0 Å². The maximum atomic E-state index is 12.2. The normalized spacial score (nSPS) is 29.8. The topological polar surface area (TPSA) is 48.0 Å². The number of hydrogen-bond acceptors (Lipinski definition) is 4. The Bertz CT molecular complexity index is 383. The molecule has 0 unspecified atom stereocenters. The van der Waals surface area contributed by atoms with Crippen LogP contribution in [0.5, 0.6) is 0 Å². The molecule has 0 N–H and O–H groups in total. The third-order valence-corrected chi connectivity index (χ3v) is 3.03. The molecule has 5 nitrogen and oxygen atoms in total. The van der Waals surface area contributed by atoms with E-state index < -0.39 is 11.4 Å². The van der Waals surface area contributed by atoms with Crippen molar-refractivity contribution in [2.75, 3.05) is 13.2 Å². The highest BCUT2D eigenvalue weighted by Crippen LogP contribution is 2.29. The molecule has 19 heavy (non-hydrogen) atoms. The summed E-state index contributed by atoms with van der Waals surface area (Å²) in [7, 11) is 0. The smallest absolute Gasteiger partial charge is 0.411 e. The van der Waals surface area contributed by atoms with Crippen LogP contribution in [0.25, 0.3) is 0 Å². The standard InChI is InChI=1S/C14H23NO4/c1-13(2,3)19-12(16)15-8-6-7-10(15)11-9-17-14(4,5)18-11/h6-7,10-11H,8-9H2,1-5H3/t10-,11+/m0/s1. The molecule has 2 rings (SSSR count). The fourth-order valence-electron chi connectivity index (χ4n) is 2.26. The summed E-state index contributed by atoms with van der Waals surface area (Å²) in [6, 6.07) is -0.114. The molecule has 2 aliphatic rings. The minimum Gasteiger partial charge on any atom is -0.444 e. The molecule has 2 atom stereocenters. The Morgan fingerprint density at radius 3 is 2.63 bits per heavy atom. The molecule has 0 saturated carbocycles. The molecule has 0 aromatic heterocycles. The first kappa shape index (κ1) is 14.3. The highest BCUT2D eigenvalue weighted by atomic mass is 16.7. The summed E-state index contributed by atoms with van der Waals surface area (Å²) in [5, 5.41) is 0. The molecule has 108 valence electrons. The molecule has 0 spiro atoms. The summed E-state index contributed by atoms with van der Waals surface area (Å²) in [4.78, 5) is 13.8. The van der Waals surface area contributed by atoms with E-state index in [9.17, 15) is 4.79 Å². The van der Waals surface area contributed by atoms with Crippen LogP contribution in [0.3, 0.4) is 0 Å². The monoisotopic (exact) mass is 269 g/mol. The molecule has 0 aliphatic carbocycles. The molecule has 0 aromatic rings. The Kier molecular flexibility index (Phi) is 3.62. The zero-order chi connectivity index (χ0) is 14.3. The first-order chi connectivity index (χ1) is 8.68. The lowest BCUT2D eigenvalue weighted by Gasteiger charge is -2.31. The maximum absolute atomic E-state index is 12.2. The summed E-state index contributed by atoms with van der Waals surface area (Å²) in [5.41, 5.74) is -0.490. The largest absolute Gasteiger partial charge is 0.444 e. The number of amides is 1. The van der Waals surface area contributed by atoms with Gasteiger partial charge in [0.2, 0.25) is 0 Å². The van der Waals surface area contributed by atoms with Crippen molar-refractivity contribution >= 4 is 6.09 Å². The van der Waals surface area contributed by atoms with E-state index >= 15 is 0 Å². The second-order valence-corrected chi connectivity index (χ2v) is 6.42. The number of carbonyl (C=O) groups excluding carboxylic acids is 1. The van der Waals surface area contributed by atoms with Gasteiger partial charge in [0.05, 0.1) is 12.6 Å². The average Bonchev–Trinajstić information content (AvgIpc) is 2.80. The first-order valence-corrected chi connectivity index (χ1v) is 6.66. The molecular weight excluding hydrogens is 246 g/mol. The molecular formula is C14H23NO4. The number of hydrogen-bond donors (Lipinski definition) is 0. The molecule has 0 aromatic carbocycles. The molecule has 2 aliphatic heterocycles. The first-order valence-electron chi connectivity index (χ1n) is 6.66. The van der Waals surface area contributed by atoms with Crippen molar-refractivity contribution < 1.29 is 19.0 Å². The minimum absolute atomic E-state index is 0.114. The maximum Gasteiger partial charge on any atom is 0.411 e. The predicted molar refractivity (Wildman–Crippen MR) is 70.8 cm³/mol. The highest BCUT2D eigenvalue weighted by molar-refractivity contribution is 5.70. The molecule has 1 saturated heterocycles. The summed E-state index contributed by atoms with van der Waals surface area (Å²) in [6.45, 7) is 10.4. The summed E-state index contributed by atoms with van der Waals surface area (Å²) < 4.78 is 16.8. The van der Waals surface area contributed by atoms with Gasteiger partial charge in [-0.2, -0.15) is 0 Å². The predicted octanol–water partition coefficient (Wildman–Crippen LogP) is 2.31. The van der Waals surface area contributed by atoms with Crippen LogP contribution in [-0.2, 0) is 14.2 Å². The molecule has 2 heterocycles. The lowest BCUT2D eigenvalue weighted by atomic mass is 10.1.